The molecule has 0 saturated carbocycles. The highest BCUT2D eigenvalue weighted by Crippen LogP contribution is 2.24. The van der Waals surface area contributed by atoms with Crippen molar-refractivity contribution in [3.63, 3.8) is 0 Å². The van der Waals surface area contributed by atoms with E-state index < -0.39 is 0 Å². The number of allylic oxidation sites excluding steroid dienone is 2. The summed E-state index contributed by atoms with van der Waals surface area (Å²) in [5.74, 6) is 0. The van der Waals surface area contributed by atoms with Gasteiger partial charge in [0.2, 0.25) is 0 Å². The van der Waals surface area contributed by atoms with Crippen LogP contribution in [0.4, 0.5) is 0 Å². The SMILES string of the molecule is C1=CCCCc2cccc(c2)-c2cccc(c2)Cc2cccc(c2)CCC1. The third-order valence-corrected chi connectivity index (χ3v) is 5.43. The molecule has 136 valence electrons. The molecule has 0 heteroatoms. The largest absolute Gasteiger partial charge is 0.0885 e. The number of aryl methyl sites for hydroxylation is 2. The van der Waals surface area contributed by atoms with Crippen LogP contribution >= 0.6 is 0 Å². The molecule has 0 spiro atoms. The maximum Gasteiger partial charge on any atom is -0.00255 e. The van der Waals surface area contributed by atoms with Gasteiger partial charge in [0.1, 0.15) is 0 Å². The Balaban J connectivity index is 1.66. The summed E-state index contributed by atoms with van der Waals surface area (Å²) in [5, 5.41) is 0. The summed E-state index contributed by atoms with van der Waals surface area (Å²) in [6, 6.07) is 27.3. The van der Waals surface area contributed by atoms with Crippen molar-refractivity contribution < 1.29 is 0 Å². The summed E-state index contributed by atoms with van der Waals surface area (Å²) in [6.07, 6.45) is 12.9. The lowest BCUT2D eigenvalue weighted by Crippen LogP contribution is -1.93. The van der Waals surface area contributed by atoms with E-state index in [2.05, 4.69) is 84.9 Å². The van der Waals surface area contributed by atoms with Crippen LogP contribution in [0.5, 0.6) is 0 Å². The van der Waals surface area contributed by atoms with Crippen molar-refractivity contribution in [1.29, 1.82) is 0 Å². The molecule has 0 N–H and O–H groups in total. The highest BCUT2D eigenvalue weighted by Gasteiger charge is 2.04. The van der Waals surface area contributed by atoms with Crippen molar-refractivity contribution in [2.24, 2.45) is 0 Å². The van der Waals surface area contributed by atoms with Gasteiger partial charge in [-0.25, -0.2) is 0 Å². The number of benzene rings is 3. The second kappa shape index (κ2) is 8.86. The summed E-state index contributed by atoms with van der Waals surface area (Å²) >= 11 is 0. The zero-order valence-electron chi connectivity index (χ0n) is 16.0. The van der Waals surface area contributed by atoms with E-state index in [1.54, 1.807) is 0 Å². The molecular formula is C27H28. The first kappa shape index (κ1) is 17.8. The molecule has 3 aromatic rings. The number of fused-ring (bicyclic) bond motifs is 7. The fourth-order valence-corrected chi connectivity index (χ4v) is 3.98. The standard InChI is InChI=1S/C27H28/c1-2-4-6-11-23-13-8-16-26(20-23)27-17-9-15-25(21-27)19-24-14-7-12-22(18-24)10-5-3-1/h1-2,7-9,12-18,20-21H,3-6,10-11,19H2. The van der Waals surface area contributed by atoms with Gasteiger partial charge in [-0.15, -0.1) is 0 Å². The minimum absolute atomic E-state index is 1.00. The molecule has 3 aromatic carbocycles. The average Bonchev–Trinajstić information content (AvgIpc) is 2.70. The highest BCUT2D eigenvalue weighted by molar-refractivity contribution is 5.65. The molecule has 0 radical (unpaired) electrons. The minimum Gasteiger partial charge on any atom is -0.0885 e. The van der Waals surface area contributed by atoms with Crippen molar-refractivity contribution >= 4 is 0 Å². The van der Waals surface area contributed by atoms with Crippen LogP contribution in [0.25, 0.3) is 11.1 Å². The molecule has 0 fully saturated rings. The molecule has 1 aliphatic rings. The van der Waals surface area contributed by atoms with E-state index in [9.17, 15) is 0 Å². The Morgan fingerprint density at radius 2 is 0.963 bits per heavy atom. The number of hydrogen-bond donors (Lipinski definition) is 0. The molecule has 1 aliphatic carbocycles. The second-order valence-electron chi connectivity index (χ2n) is 7.65. The third-order valence-electron chi connectivity index (χ3n) is 5.43. The Morgan fingerprint density at radius 1 is 0.481 bits per heavy atom. The van der Waals surface area contributed by atoms with Gasteiger partial charge < -0.3 is 0 Å². The zero-order valence-corrected chi connectivity index (χ0v) is 16.0. The molecule has 0 unspecified atom stereocenters. The Hall–Kier alpha value is -2.60. The van der Waals surface area contributed by atoms with Crippen molar-refractivity contribution in [2.45, 2.75) is 44.9 Å². The van der Waals surface area contributed by atoms with Crippen LogP contribution < -0.4 is 0 Å². The van der Waals surface area contributed by atoms with Crippen molar-refractivity contribution in [2.75, 3.05) is 0 Å². The van der Waals surface area contributed by atoms with Gasteiger partial charge in [0, 0.05) is 0 Å². The molecule has 0 nitrogen and oxygen atoms in total. The van der Waals surface area contributed by atoms with Gasteiger partial charge in [0.25, 0.3) is 0 Å². The van der Waals surface area contributed by atoms with Gasteiger partial charge in [-0.1, -0.05) is 84.9 Å². The van der Waals surface area contributed by atoms with E-state index in [4.69, 9.17) is 0 Å². The Bertz CT molecular complexity index is 917. The lowest BCUT2D eigenvalue weighted by molar-refractivity contribution is 0.818. The predicted molar refractivity (Wildman–Crippen MR) is 116 cm³/mol. The topological polar surface area (TPSA) is 0 Å². The second-order valence-corrected chi connectivity index (χ2v) is 7.65. The van der Waals surface area contributed by atoms with Crippen LogP contribution in [0.2, 0.25) is 0 Å². The van der Waals surface area contributed by atoms with Gasteiger partial charge >= 0.3 is 0 Å². The molecule has 0 saturated heterocycles. The Morgan fingerprint density at radius 3 is 1.63 bits per heavy atom. The van der Waals surface area contributed by atoms with E-state index in [1.807, 2.05) is 0 Å². The van der Waals surface area contributed by atoms with Crippen LogP contribution in [0.15, 0.2) is 84.9 Å². The fourth-order valence-electron chi connectivity index (χ4n) is 3.98. The quantitative estimate of drug-likeness (QED) is 0.377. The molecule has 0 amide bonds. The van der Waals surface area contributed by atoms with Crippen molar-refractivity contribution in [1.82, 2.24) is 0 Å². The highest BCUT2D eigenvalue weighted by atomic mass is 14.1. The smallest absolute Gasteiger partial charge is 0.00255 e. The molecule has 0 aliphatic heterocycles. The van der Waals surface area contributed by atoms with E-state index >= 15 is 0 Å². The number of hydrogen-bond acceptors (Lipinski definition) is 0. The van der Waals surface area contributed by atoms with Crippen molar-refractivity contribution in [3.8, 4) is 11.1 Å². The maximum atomic E-state index is 2.39. The molecule has 0 atom stereocenters. The average molecular weight is 353 g/mol. The summed E-state index contributed by atoms with van der Waals surface area (Å²) in [7, 11) is 0. The van der Waals surface area contributed by atoms with Crippen LogP contribution in [-0.4, -0.2) is 0 Å². The van der Waals surface area contributed by atoms with Crippen LogP contribution in [0, 0.1) is 0 Å². The summed E-state index contributed by atoms with van der Waals surface area (Å²) < 4.78 is 0. The van der Waals surface area contributed by atoms with Crippen molar-refractivity contribution in [3.05, 3.63) is 107 Å². The Labute approximate surface area is 163 Å². The first-order chi connectivity index (χ1) is 13.4. The summed E-state index contributed by atoms with van der Waals surface area (Å²) in [4.78, 5) is 0. The molecule has 6 bridgehead atoms. The minimum atomic E-state index is 1.00. The van der Waals surface area contributed by atoms with E-state index in [1.165, 1.54) is 65.5 Å². The van der Waals surface area contributed by atoms with Gasteiger partial charge in [0.15, 0.2) is 0 Å². The van der Waals surface area contributed by atoms with Crippen LogP contribution in [0.1, 0.15) is 47.9 Å². The van der Waals surface area contributed by atoms with E-state index in [0.29, 0.717) is 0 Å². The maximum absolute atomic E-state index is 2.39. The lowest BCUT2D eigenvalue weighted by atomic mass is 9.96. The lowest BCUT2D eigenvalue weighted by Gasteiger charge is -2.09. The van der Waals surface area contributed by atoms with E-state index in [-0.39, 0.29) is 0 Å². The Kier molecular flexibility index (Phi) is 5.84. The zero-order chi connectivity index (χ0) is 18.3. The first-order valence-electron chi connectivity index (χ1n) is 10.3. The molecule has 0 aromatic heterocycles. The third kappa shape index (κ3) is 4.98. The summed E-state index contributed by atoms with van der Waals surface area (Å²) in [6.45, 7) is 0. The van der Waals surface area contributed by atoms with Crippen LogP contribution in [-0.2, 0) is 19.3 Å². The molecule has 4 rings (SSSR count). The predicted octanol–water partition coefficient (Wildman–Crippen LogP) is 7.16. The number of rotatable bonds is 0. The van der Waals surface area contributed by atoms with Gasteiger partial charge in [0.05, 0.1) is 0 Å². The van der Waals surface area contributed by atoms with Gasteiger partial charge in [-0.05, 0) is 78.3 Å². The summed E-state index contributed by atoms with van der Waals surface area (Å²) in [5.41, 5.74) is 8.37. The molecule has 27 heavy (non-hydrogen) atoms. The molecule has 0 heterocycles. The van der Waals surface area contributed by atoms with E-state index in [0.717, 1.165) is 12.8 Å². The monoisotopic (exact) mass is 352 g/mol. The van der Waals surface area contributed by atoms with Crippen LogP contribution in [0.3, 0.4) is 0 Å². The fraction of sp³-hybridized carbons (Fsp3) is 0.259. The van der Waals surface area contributed by atoms with Gasteiger partial charge in [-0.2, -0.15) is 0 Å². The van der Waals surface area contributed by atoms with Gasteiger partial charge in [-0.3, -0.25) is 0 Å². The first-order valence-corrected chi connectivity index (χ1v) is 10.3. The molecular weight excluding hydrogens is 324 g/mol. The normalized spacial score (nSPS) is 15.0.